The lowest BCUT2D eigenvalue weighted by atomic mass is 9.80. The molecule has 6 heteroatoms. The van der Waals surface area contributed by atoms with Crippen LogP contribution in [0.4, 0.5) is 0 Å². The molecule has 0 amide bonds. The highest BCUT2D eigenvalue weighted by molar-refractivity contribution is 5.17. The second-order valence-electron chi connectivity index (χ2n) is 5.62. The largest absolute Gasteiger partial charge is 0.385 e. The second kappa shape index (κ2) is 5.07. The SMILES string of the molecule is CNC1(O)C(C)(O)CCN(Cc2ccccc2)C1(N)O. The molecular weight excluding hydrogens is 258 g/mol. The summed E-state index contributed by atoms with van der Waals surface area (Å²) >= 11 is 0. The Bertz CT molecular complexity index is 464. The van der Waals surface area contributed by atoms with Crippen LogP contribution < -0.4 is 11.1 Å². The average Bonchev–Trinajstić information content (AvgIpc) is 2.41. The van der Waals surface area contributed by atoms with E-state index in [4.69, 9.17) is 5.73 Å². The van der Waals surface area contributed by atoms with Gasteiger partial charge in [-0.1, -0.05) is 30.3 Å². The third-order valence-corrected chi connectivity index (χ3v) is 4.24. The molecule has 1 aromatic carbocycles. The topological polar surface area (TPSA) is 102 Å². The molecule has 3 atom stereocenters. The molecule has 0 aliphatic carbocycles. The molecule has 2 rings (SSSR count). The number of piperidine rings is 1. The lowest BCUT2D eigenvalue weighted by molar-refractivity contribution is -0.329. The number of likely N-dealkylation sites (N-methyl/N-ethyl adjacent to an activating group) is 1. The number of rotatable bonds is 3. The third-order valence-electron chi connectivity index (χ3n) is 4.24. The lowest BCUT2D eigenvalue weighted by Crippen LogP contribution is -2.84. The van der Waals surface area contributed by atoms with Gasteiger partial charge >= 0.3 is 0 Å². The summed E-state index contributed by atoms with van der Waals surface area (Å²) in [5.74, 6) is -2.08. The van der Waals surface area contributed by atoms with E-state index in [0.29, 0.717) is 13.1 Å². The van der Waals surface area contributed by atoms with Crippen molar-refractivity contribution in [2.75, 3.05) is 13.6 Å². The summed E-state index contributed by atoms with van der Waals surface area (Å²) in [5.41, 5.74) is 3.36. The minimum absolute atomic E-state index is 0.288. The van der Waals surface area contributed by atoms with Gasteiger partial charge in [0.05, 0.1) is 0 Å². The third kappa shape index (κ3) is 2.24. The Morgan fingerprint density at radius 2 is 1.85 bits per heavy atom. The summed E-state index contributed by atoms with van der Waals surface area (Å²) in [7, 11) is 1.46. The van der Waals surface area contributed by atoms with Crippen LogP contribution in [0.5, 0.6) is 0 Å². The number of nitrogens with one attached hydrogen (secondary N) is 1. The van der Waals surface area contributed by atoms with Crippen LogP contribution >= 0.6 is 0 Å². The molecule has 1 aliphatic rings. The maximum atomic E-state index is 10.6. The lowest BCUT2D eigenvalue weighted by Gasteiger charge is -2.57. The van der Waals surface area contributed by atoms with Crippen molar-refractivity contribution in [2.45, 2.75) is 37.1 Å². The highest BCUT2D eigenvalue weighted by Gasteiger charge is 2.63. The van der Waals surface area contributed by atoms with Crippen molar-refractivity contribution in [2.24, 2.45) is 5.73 Å². The number of nitrogens with zero attached hydrogens (tertiary/aromatic N) is 1. The van der Waals surface area contributed by atoms with E-state index in [0.717, 1.165) is 5.56 Å². The van der Waals surface area contributed by atoms with Crippen LogP contribution in [0.15, 0.2) is 30.3 Å². The molecule has 1 saturated heterocycles. The van der Waals surface area contributed by atoms with Crippen LogP contribution in [-0.4, -0.2) is 51.0 Å². The van der Waals surface area contributed by atoms with Gasteiger partial charge in [-0.3, -0.25) is 16.0 Å². The van der Waals surface area contributed by atoms with E-state index in [2.05, 4.69) is 5.32 Å². The van der Waals surface area contributed by atoms with E-state index in [1.54, 1.807) is 4.90 Å². The number of likely N-dealkylation sites (tertiary alicyclic amines) is 1. The zero-order chi connectivity index (χ0) is 15.0. The standard InChI is InChI=1S/C14H23N3O3/c1-12(18)8-9-17(10-11-6-4-3-5-7-11)14(15,20)13(12,19)16-2/h3-7,16,18-20H,8-10,15H2,1-2H3. The predicted molar refractivity (Wildman–Crippen MR) is 75.2 cm³/mol. The highest BCUT2D eigenvalue weighted by Crippen LogP contribution is 2.38. The summed E-state index contributed by atoms with van der Waals surface area (Å²) in [6.07, 6.45) is 0.288. The van der Waals surface area contributed by atoms with Gasteiger partial charge in [-0.15, -0.1) is 0 Å². The van der Waals surface area contributed by atoms with E-state index in [1.807, 2.05) is 30.3 Å². The maximum Gasteiger partial charge on any atom is 0.219 e. The van der Waals surface area contributed by atoms with E-state index in [1.165, 1.54) is 14.0 Å². The first-order valence-corrected chi connectivity index (χ1v) is 6.68. The maximum absolute atomic E-state index is 10.6. The molecule has 1 aliphatic heterocycles. The zero-order valence-electron chi connectivity index (χ0n) is 11.9. The fourth-order valence-corrected chi connectivity index (χ4v) is 2.79. The Hall–Kier alpha value is -1.02. The number of aliphatic hydroxyl groups is 3. The molecule has 0 bridgehead atoms. The summed E-state index contributed by atoms with van der Waals surface area (Å²) in [4.78, 5) is 1.55. The molecule has 1 aromatic rings. The number of benzene rings is 1. The molecule has 20 heavy (non-hydrogen) atoms. The van der Waals surface area contributed by atoms with Gasteiger partial charge in [0.15, 0.2) is 0 Å². The Labute approximate surface area is 118 Å². The van der Waals surface area contributed by atoms with Crippen LogP contribution in [-0.2, 0) is 6.54 Å². The van der Waals surface area contributed by atoms with Gasteiger partial charge in [0.25, 0.3) is 0 Å². The van der Waals surface area contributed by atoms with Crippen LogP contribution in [0.1, 0.15) is 18.9 Å². The minimum atomic E-state index is -2.08. The van der Waals surface area contributed by atoms with Crippen molar-refractivity contribution in [3.05, 3.63) is 35.9 Å². The van der Waals surface area contributed by atoms with Crippen molar-refractivity contribution in [1.29, 1.82) is 0 Å². The van der Waals surface area contributed by atoms with Gasteiger partial charge in [-0.2, -0.15) is 0 Å². The van der Waals surface area contributed by atoms with Gasteiger partial charge in [0.1, 0.15) is 5.60 Å². The number of hydrogen-bond donors (Lipinski definition) is 5. The second-order valence-corrected chi connectivity index (χ2v) is 5.62. The van der Waals surface area contributed by atoms with Gasteiger partial charge < -0.3 is 15.3 Å². The molecule has 0 spiro atoms. The van der Waals surface area contributed by atoms with Crippen molar-refractivity contribution >= 4 is 0 Å². The number of hydrogen-bond acceptors (Lipinski definition) is 6. The first kappa shape index (κ1) is 15.4. The van der Waals surface area contributed by atoms with Crippen molar-refractivity contribution in [3.8, 4) is 0 Å². The molecule has 112 valence electrons. The van der Waals surface area contributed by atoms with Crippen LogP contribution in [0, 0.1) is 0 Å². The molecule has 6 N–H and O–H groups in total. The smallest absolute Gasteiger partial charge is 0.219 e. The Morgan fingerprint density at radius 3 is 2.40 bits per heavy atom. The van der Waals surface area contributed by atoms with E-state index >= 15 is 0 Å². The fraction of sp³-hybridized carbons (Fsp3) is 0.571. The normalized spacial score (nSPS) is 38.9. The first-order chi connectivity index (χ1) is 9.24. The van der Waals surface area contributed by atoms with Gasteiger partial charge in [0, 0.05) is 13.1 Å². The van der Waals surface area contributed by atoms with E-state index in [-0.39, 0.29) is 6.42 Å². The Kier molecular flexibility index (Phi) is 3.90. The van der Waals surface area contributed by atoms with Crippen molar-refractivity contribution in [1.82, 2.24) is 10.2 Å². The van der Waals surface area contributed by atoms with Crippen molar-refractivity contribution < 1.29 is 15.3 Å². The van der Waals surface area contributed by atoms with Crippen LogP contribution in [0.25, 0.3) is 0 Å². The molecule has 0 saturated carbocycles. The molecule has 1 fully saturated rings. The summed E-state index contributed by atoms with van der Waals surface area (Å²) < 4.78 is 0. The van der Waals surface area contributed by atoms with E-state index in [9.17, 15) is 15.3 Å². The molecular formula is C14H23N3O3. The monoisotopic (exact) mass is 281 g/mol. The van der Waals surface area contributed by atoms with Crippen LogP contribution in [0.3, 0.4) is 0 Å². The van der Waals surface area contributed by atoms with Gasteiger partial charge in [-0.05, 0) is 26.0 Å². The zero-order valence-corrected chi connectivity index (χ0v) is 11.9. The quantitative estimate of drug-likeness (QED) is 0.463. The fourth-order valence-electron chi connectivity index (χ4n) is 2.79. The molecule has 0 aromatic heterocycles. The van der Waals surface area contributed by atoms with E-state index < -0.39 is 17.2 Å². The summed E-state index contributed by atoms with van der Waals surface area (Å²) in [6, 6.07) is 9.54. The molecule has 3 unspecified atom stereocenters. The minimum Gasteiger partial charge on any atom is -0.385 e. The number of nitrogens with two attached hydrogens (primary N) is 1. The summed E-state index contributed by atoms with van der Waals surface area (Å²) in [5, 5.41) is 34.1. The average molecular weight is 281 g/mol. The first-order valence-electron chi connectivity index (χ1n) is 6.68. The van der Waals surface area contributed by atoms with Crippen molar-refractivity contribution in [3.63, 3.8) is 0 Å². The van der Waals surface area contributed by atoms with Gasteiger partial charge in [0.2, 0.25) is 11.6 Å². The Morgan fingerprint density at radius 1 is 1.25 bits per heavy atom. The highest BCUT2D eigenvalue weighted by atomic mass is 16.4. The summed E-state index contributed by atoms with van der Waals surface area (Å²) in [6.45, 7) is 2.22. The van der Waals surface area contributed by atoms with Crippen LogP contribution in [0.2, 0.25) is 0 Å². The predicted octanol–water partition coefficient (Wildman–Crippen LogP) is -0.844. The Balaban J connectivity index is 2.29. The molecule has 6 nitrogen and oxygen atoms in total. The molecule has 1 heterocycles. The molecule has 0 radical (unpaired) electrons. The van der Waals surface area contributed by atoms with Gasteiger partial charge in [-0.25, -0.2) is 0 Å².